The summed E-state index contributed by atoms with van der Waals surface area (Å²) in [5.41, 5.74) is 0.695. The minimum absolute atomic E-state index is 0.166. The summed E-state index contributed by atoms with van der Waals surface area (Å²) in [4.78, 5) is 23.1. The van der Waals surface area contributed by atoms with Crippen LogP contribution >= 0.6 is 0 Å². The average Bonchev–Trinajstić information content (AvgIpc) is 2.77. The standard InChI is InChI=1S/C21H28N4O5/c1-13-8-14(20(26)30-5)12-25(11-13)18-6-7-22-21(24-18)23-15-9-16(27-2)19(29-4)17(10-15)28-3/h6-7,9-10,13-14H,8,11-12H2,1-5H3,(H,22,23,24). The van der Waals surface area contributed by atoms with E-state index in [1.807, 2.05) is 6.07 Å². The molecule has 9 heteroatoms. The van der Waals surface area contributed by atoms with Crippen LogP contribution in [0.1, 0.15) is 13.3 Å². The van der Waals surface area contributed by atoms with Gasteiger partial charge < -0.3 is 29.2 Å². The lowest BCUT2D eigenvalue weighted by atomic mass is 9.90. The van der Waals surface area contributed by atoms with E-state index in [1.165, 1.54) is 7.11 Å². The lowest BCUT2D eigenvalue weighted by Crippen LogP contribution is -2.43. The molecule has 1 aromatic heterocycles. The number of esters is 1. The highest BCUT2D eigenvalue weighted by atomic mass is 16.5. The molecule has 162 valence electrons. The van der Waals surface area contributed by atoms with Crippen molar-refractivity contribution in [3.63, 3.8) is 0 Å². The Balaban J connectivity index is 1.83. The predicted octanol–water partition coefficient (Wildman–Crippen LogP) is 2.88. The summed E-state index contributed by atoms with van der Waals surface area (Å²) < 4.78 is 21.1. The van der Waals surface area contributed by atoms with E-state index < -0.39 is 0 Å². The maximum atomic E-state index is 12.0. The third kappa shape index (κ3) is 4.67. The number of ether oxygens (including phenoxy) is 4. The molecule has 1 N–H and O–H groups in total. The van der Waals surface area contributed by atoms with Crippen molar-refractivity contribution < 1.29 is 23.7 Å². The Bertz CT molecular complexity index is 866. The Morgan fingerprint density at radius 3 is 2.40 bits per heavy atom. The van der Waals surface area contributed by atoms with Gasteiger partial charge in [-0.1, -0.05) is 6.92 Å². The van der Waals surface area contributed by atoms with Crippen molar-refractivity contribution in [2.24, 2.45) is 11.8 Å². The van der Waals surface area contributed by atoms with E-state index in [0.29, 0.717) is 41.3 Å². The number of benzene rings is 1. The number of carbonyl (C=O) groups is 1. The highest BCUT2D eigenvalue weighted by molar-refractivity contribution is 5.73. The second-order valence-corrected chi connectivity index (χ2v) is 7.24. The van der Waals surface area contributed by atoms with Gasteiger partial charge in [-0.05, 0) is 18.4 Å². The Morgan fingerprint density at radius 1 is 1.10 bits per heavy atom. The van der Waals surface area contributed by atoms with Gasteiger partial charge in [-0.25, -0.2) is 4.98 Å². The number of nitrogens with one attached hydrogen (secondary N) is 1. The van der Waals surface area contributed by atoms with Gasteiger partial charge in [0.2, 0.25) is 11.7 Å². The Hall–Kier alpha value is -3.23. The van der Waals surface area contributed by atoms with Crippen LogP contribution in [0.15, 0.2) is 24.4 Å². The second-order valence-electron chi connectivity index (χ2n) is 7.24. The second kappa shape index (κ2) is 9.51. The summed E-state index contributed by atoms with van der Waals surface area (Å²) in [5, 5.41) is 3.18. The first-order chi connectivity index (χ1) is 14.5. The topological polar surface area (TPSA) is 95.0 Å². The molecule has 3 rings (SSSR count). The van der Waals surface area contributed by atoms with Gasteiger partial charge in [0.05, 0.1) is 34.4 Å². The van der Waals surface area contributed by atoms with Gasteiger partial charge in [0.15, 0.2) is 11.5 Å². The molecular weight excluding hydrogens is 388 g/mol. The summed E-state index contributed by atoms with van der Waals surface area (Å²) in [6, 6.07) is 5.41. The van der Waals surface area contributed by atoms with Gasteiger partial charge in [0, 0.05) is 37.1 Å². The molecule has 0 aliphatic carbocycles. The predicted molar refractivity (Wildman–Crippen MR) is 113 cm³/mol. The number of piperidine rings is 1. The Morgan fingerprint density at radius 2 is 1.80 bits per heavy atom. The van der Waals surface area contributed by atoms with Crippen molar-refractivity contribution in [1.82, 2.24) is 9.97 Å². The smallest absolute Gasteiger partial charge is 0.310 e. The van der Waals surface area contributed by atoms with Crippen molar-refractivity contribution in [2.75, 3.05) is 51.7 Å². The Kier molecular flexibility index (Phi) is 6.81. The third-order valence-corrected chi connectivity index (χ3v) is 5.08. The summed E-state index contributed by atoms with van der Waals surface area (Å²) >= 11 is 0. The SMILES string of the molecule is COC(=O)C1CC(C)CN(c2ccnc(Nc3cc(OC)c(OC)c(OC)c3)n2)C1. The molecule has 0 saturated carbocycles. The number of methoxy groups -OCH3 is 4. The van der Waals surface area contributed by atoms with E-state index in [2.05, 4.69) is 27.1 Å². The summed E-state index contributed by atoms with van der Waals surface area (Å²) in [5.74, 6) is 2.75. The molecule has 0 radical (unpaired) electrons. The summed E-state index contributed by atoms with van der Waals surface area (Å²) in [6.45, 7) is 3.50. The van der Waals surface area contributed by atoms with Crippen LogP contribution in [0.5, 0.6) is 17.2 Å². The summed E-state index contributed by atoms with van der Waals surface area (Å²) in [7, 11) is 6.11. The lowest BCUT2D eigenvalue weighted by molar-refractivity contribution is -0.146. The van der Waals surface area contributed by atoms with Gasteiger partial charge in [0.25, 0.3) is 0 Å². The zero-order chi connectivity index (χ0) is 21.7. The fourth-order valence-corrected chi connectivity index (χ4v) is 3.74. The van der Waals surface area contributed by atoms with Crippen molar-refractivity contribution in [1.29, 1.82) is 0 Å². The lowest BCUT2D eigenvalue weighted by Gasteiger charge is -2.36. The van der Waals surface area contributed by atoms with Crippen LogP contribution in [0, 0.1) is 11.8 Å². The molecule has 0 spiro atoms. The summed E-state index contributed by atoms with van der Waals surface area (Å²) in [6.07, 6.45) is 2.50. The first kappa shape index (κ1) is 21.5. The quantitative estimate of drug-likeness (QED) is 0.684. The van der Waals surface area contributed by atoms with Crippen molar-refractivity contribution in [3.05, 3.63) is 24.4 Å². The number of anilines is 3. The number of hydrogen-bond acceptors (Lipinski definition) is 9. The first-order valence-corrected chi connectivity index (χ1v) is 9.71. The average molecular weight is 416 g/mol. The molecule has 0 amide bonds. The van der Waals surface area contributed by atoms with Gasteiger partial charge in [-0.3, -0.25) is 4.79 Å². The normalized spacial score (nSPS) is 18.5. The third-order valence-electron chi connectivity index (χ3n) is 5.08. The highest BCUT2D eigenvalue weighted by Gasteiger charge is 2.31. The van der Waals surface area contributed by atoms with Crippen LogP contribution in [0.25, 0.3) is 0 Å². The van der Waals surface area contributed by atoms with Gasteiger partial charge in [-0.2, -0.15) is 4.98 Å². The van der Waals surface area contributed by atoms with E-state index in [4.69, 9.17) is 18.9 Å². The maximum absolute atomic E-state index is 12.0. The molecule has 2 atom stereocenters. The van der Waals surface area contributed by atoms with E-state index >= 15 is 0 Å². The van der Waals surface area contributed by atoms with Gasteiger partial charge >= 0.3 is 5.97 Å². The van der Waals surface area contributed by atoms with Crippen molar-refractivity contribution in [3.8, 4) is 17.2 Å². The van der Waals surface area contributed by atoms with Crippen molar-refractivity contribution in [2.45, 2.75) is 13.3 Å². The number of rotatable bonds is 7. The number of hydrogen-bond donors (Lipinski definition) is 1. The first-order valence-electron chi connectivity index (χ1n) is 9.71. The van der Waals surface area contributed by atoms with Gasteiger partial charge in [0.1, 0.15) is 5.82 Å². The zero-order valence-corrected chi connectivity index (χ0v) is 18.0. The zero-order valence-electron chi connectivity index (χ0n) is 18.0. The highest BCUT2D eigenvalue weighted by Crippen LogP contribution is 2.40. The van der Waals surface area contributed by atoms with Crippen LogP contribution in [-0.2, 0) is 9.53 Å². The molecular formula is C21H28N4O5. The largest absolute Gasteiger partial charge is 0.493 e. The van der Waals surface area contributed by atoms with E-state index in [1.54, 1.807) is 39.7 Å². The van der Waals surface area contributed by atoms with Crippen LogP contribution < -0.4 is 24.4 Å². The number of nitrogens with zero attached hydrogens (tertiary/aromatic N) is 3. The number of aromatic nitrogens is 2. The minimum atomic E-state index is -0.184. The molecule has 1 aliphatic rings. The van der Waals surface area contributed by atoms with Crippen molar-refractivity contribution >= 4 is 23.4 Å². The minimum Gasteiger partial charge on any atom is -0.493 e. The fraction of sp³-hybridized carbons (Fsp3) is 0.476. The van der Waals surface area contributed by atoms with Crippen LogP contribution in [0.3, 0.4) is 0 Å². The molecule has 1 aliphatic heterocycles. The molecule has 30 heavy (non-hydrogen) atoms. The van der Waals surface area contributed by atoms with Gasteiger partial charge in [-0.15, -0.1) is 0 Å². The van der Waals surface area contributed by atoms with Crippen LogP contribution in [0.4, 0.5) is 17.5 Å². The molecule has 2 aromatic rings. The molecule has 2 heterocycles. The Labute approximate surface area is 176 Å². The van der Waals surface area contributed by atoms with E-state index in [9.17, 15) is 4.79 Å². The molecule has 2 unspecified atom stereocenters. The number of carbonyl (C=O) groups excluding carboxylic acids is 1. The molecule has 0 bridgehead atoms. The molecule has 9 nitrogen and oxygen atoms in total. The van der Waals surface area contributed by atoms with Crippen LogP contribution in [-0.4, -0.2) is 57.5 Å². The van der Waals surface area contributed by atoms with E-state index in [-0.39, 0.29) is 11.9 Å². The van der Waals surface area contributed by atoms with Crippen LogP contribution in [0.2, 0.25) is 0 Å². The maximum Gasteiger partial charge on any atom is 0.310 e. The monoisotopic (exact) mass is 416 g/mol. The van der Waals surface area contributed by atoms with E-state index in [0.717, 1.165) is 18.8 Å². The fourth-order valence-electron chi connectivity index (χ4n) is 3.74. The molecule has 1 saturated heterocycles. The molecule has 1 fully saturated rings. The molecule has 1 aromatic carbocycles.